The number of carbonyl (C=O) groups is 1. The van der Waals surface area contributed by atoms with Crippen molar-refractivity contribution in [2.24, 2.45) is 34.8 Å². The van der Waals surface area contributed by atoms with Gasteiger partial charge < -0.3 is 11.1 Å². The number of amides is 1. The van der Waals surface area contributed by atoms with Crippen LogP contribution in [0.4, 0.5) is 0 Å². The molecule has 30 heavy (non-hydrogen) atoms. The zero-order chi connectivity index (χ0) is 21.6. The lowest BCUT2D eigenvalue weighted by molar-refractivity contribution is -0.146. The first-order valence-electron chi connectivity index (χ1n) is 13.5. The van der Waals surface area contributed by atoms with Gasteiger partial charge in [0.1, 0.15) is 0 Å². The van der Waals surface area contributed by atoms with Crippen LogP contribution in [0.2, 0.25) is 0 Å². The summed E-state index contributed by atoms with van der Waals surface area (Å²) in [5.74, 6) is 3.41. The van der Waals surface area contributed by atoms with Crippen molar-refractivity contribution in [2.45, 2.75) is 129 Å². The summed E-state index contributed by atoms with van der Waals surface area (Å²) in [6.07, 6.45) is 20.1. The van der Waals surface area contributed by atoms with Crippen LogP contribution in [0.15, 0.2) is 0 Å². The number of carbonyl (C=O) groups excluding carboxylic acids is 1. The van der Waals surface area contributed by atoms with Crippen molar-refractivity contribution in [1.29, 1.82) is 0 Å². The van der Waals surface area contributed by atoms with Gasteiger partial charge in [-0.05, 0) is 87.9 Å². The predicted molar refractivity (Wildman–Crippen MR) is 127 cm³/mol. The molecule has 1 unspecified atom stereocenters. The van der Waals surface area contributed by atoms with E-state index in [0.717, 1.165) is 62.8 Å². The Morgan fingerprint density at radius 3 is 1.97 bits per heavy atom. The number of hydrogen-bond donors (Lipinski definition) is 2. The highest BCUT2D eigenvalue weighted by Crippen LogP contribution is 2.60. The number of nitrogens with one attached hydrogen (secondary N) is 1. The van der Waals surface area contributed by atoms with Crippen LogP contribution in [0.25, 0.3) is 0 Å². The van der Waals surface area contributed by atoms with Gasteiger partial charge in [-0.2, -0.15) is 0 Å². The molecule has 0 aromatic heterocycles. The van der Waals surface area contributed by atoms with Crippen molar-refractivity contribution < 1.29 is 4.79 Å². The number of nitrogens with two attached hydrogens (primary N) is 1. The fourth-order valence-electron chi connectivity index (χ4n) is 7.65. The number of hydrogen-bond acceptors (Lipinski definition) is 2. The molecule has 3 N–H and O–H groups in total. The lowest BCUT2D eigenvalue weighted by Gasteiger charge is -2.55. The van der Waals surface area contributed by atoms with Gasteiger partial charge in [0.25, 0.3) is 0 Å². The van der Waals surface area contributed by atoms with E-state index in [9.17, 15) is 4.79 Å². The first-order chi connectivity index (χ1) is 14.4. The van der Waals surface area contributed by atoms with Gasteiger partial charge in [-0.1, -0.05) is 59.3 Å². The van der Waals surface area contributed by atoms with Crippen molar-refractivity contribution in [3.05, 3.63) is 0 Å². The highest BCUT2D eigenvalue weighted by Gasteiger charge is 2.54. The molecule has 0 saturated heterocycles. The molecule has 0 aromatic carbocycles. The number of unbranched alkanes of at least 4 members (excludes halogenated alkanes) is 5. The van der Waals surface area contributed by atoms with Gasteiger partial charge in [0, 0.05) is 17.5 Å². The maximum Gasteiger partial charge on any atom is 0.226 e. The molecule has 3 heteroatoms. The Kier molecular flexibility index (Phi) is 8.70. The van der Waals surface area contributed by atoms with E-state index in [-0.39, 0.29) is 11.0 Å². The molecule has 4 bridgehead atoms. The van der Waals surface area contributed by atoms with Crippen LogP contribution in [-0.2, 0) is 4.79 Å². The van der Waals surface area contributed by atoms with E-state index >= 15 is 0 Å². The second-order valence-corrected chi connectivity index (χ2v) is 11.4. The summed E-state index contributed by atoms with van der Waals surface area (Å²) >= 11 is 0. The van der Waals surface area contributed by atoms with E-state index in [0.29, 0.717) is 11.8 Å². The summed E-state index contributed by atoms with van der Waals surface area (Å²) in [6.45, 7) is 7.58. The van der Waals surface area contributed by atoms with Crippen molar-refractivity contribution >= 4 is 5.91 Å². The topological polar surface area (TPSA) is 55.1 Å². The molecule has 0 aliphatic heterocycles. The molecule has 0 radical (unpaired) electrons. The van der Waals surface area contributed by atoms with Crippen LogP contribution in [0.3, 0.4) is 0 Å². The first kappa shape index (κ1) is 24.1. The van der Waals surface area contributed by atoms with Gasteiger partial charge in [0.2, 0.25) is 5.91 Å². The molecule has 4 rings (SSSR count). The molecular weight excluding hydrogens is 368 g/mol. The van der Waals surface area contributed by atoms with E-state index < -0.39 is 0 Å². The first-order valence-corrected chi connectivity index (χ1v) is 13.5. The second kappa shape index (κ2) is 10.8. The van der Waals surface area contributed by atoms with Crippen molar-refractivity contribution in [2.75, 3.05) is 6.54 Å². The molecule has 3 nitrogen and oxygen atoms in total. The Morgan fingerprint density at radius 1 is 0.900 bits per heavy atom. The minimum Gasteiger partial charge on any atom is -0.356 e. The third-order valence-electron chi connectivity index (χ3n) is 9.33. The summed E-state index contributed by atoms with van der Waals surface area (Å²) in [6, 6.07) is 0. The predicted octanol–water partition coefficient (Wildman–Crippen LogP) is 6.59. The van der Waals surface area contributed by atoms with E-state index in [1.54, 1.807) is 0 Å². The van der Waals surface area contributed by atoms with Gasteiger partial charge in [0.05, 0.1) is 0 Å². The molecule has 1 atom stereocenters. The minimum absolute atomic E-state index is 0.0150. The van der Waals surface area contributed by atoms with Gasteiger partial charge in [-0.15, -0.1) is 0 Å². The zero-order valence-corrected chi connectivity index (χ0v) is 20.3. The normalized spacial score (nSPS) is 31.1. The quantitative estimate of drug-likeness (QED) is 0.312. The van der Waals surface area contributed by atoms with Crippen LogP contribution in [0.5, 0.6) is 0 Å². The largest absolute Gasteiger partial charge is 0.356 e. The lowest BCUT2D eigenvalue weighted by atomic mass is 9.49. The average molecular weight is 419 g/mol. The van der Waals surface area contributed by atoms with E-state index in [2.05, 4.69) is 26.1 Å². The smallest absolute Gasteiger partial charge is 0.226 e. The van der Waals surface area contributed by atoms with Crippen LogP contribution in [-0.4, -0.2) is 18.0 Å². The summed E-state index contributed by atoms with van der Waals surface area (Å²) in [7, 11) is 0. The highest BCUT2D eigenvalue weighted by molar-refractivity contribution is 5.83. The molecule has 0 aromatic rings. The van der Waals surface area contributed by atoms with Crippen molar-refractivity contribution in [3.8, 4) is 0 Å². The molecule has 4 aliphatic rings. The van der Waals surface area contributed by atoms with Crippen molar-refractivity contribution in [1.82, 2.24) is 5.32 Å². The summed E-state index contributed by atoms with van der Waals surface area (Å²) in [4.78, 5) is 13.3. The van der Waals surface area contributed by atoms with E-state index in [1.165, 1.54) is 64.2 Å². The Hall–Kier alpha value is -0.570. The van der Waals surface area contributed by atoms with Gasteiger partial charge in [-0.3, -0.25) is 4.79 Å². The standard InChI is InChI=1S/C27H50N2O/c1-4-7-8-9-10-11-12-24(27(28,5-2)6-3)13-14-29-25(30)26-18-21-15-22(19-26)17-23(16-21)20-26/h21-24H,4-20,28H2,1-3H3,(H,29,30). The third kappa shape index (κ3) is 5.61. The highest BCUT2D eigenvalue weighted by atomic mass is 16.2. The fourth-order valence-corrected chi connectivity index (χ4v) is 7.65. The van der Waals surface area contributed by atoms with Gasteiger partial charge in [-0.25, -0.2) is 0 Å². The summed E-state index contributed by atoms with van der Waals surface area (Å²) < 4.78 is 0. The molecule has 4 saturated carbocycles. The van der Waals surface area contributed by atoms with Crippen LogP contribution in [0.1, 0.15) is 124 Å². The van der Waals surface area contributed by atoms with E-state index in [4.69, 9.17) is 5.73 Å². The van der Waals surface area contributed by atoms with Crippen LogP contribution >= 0.6 is 0 Å². The molecular formula is C27H50N2O. The maximum atomic E-state index is 13.3. The molecule has 4 aliphatic carbocycles. The van der Waals surface area contributed by atoms with E-state index in [1.807, 2.05) is 0 Å². The zero-order valence-electron chi connectivity index (χ0n) is 20.3. The molecule has 0 spiro atoms. The minimum atomic E-state index is -0.0746. The average Bonchev–Trinajstić information content (AvgIpc) is 2.73. The second-order valence-electron chi connectivity index (χ2n) is 11.4. The molecule has 1 amide bonds. The molecule has 4 fully saturated rings. The van der Waals surface area contributed by atoms with Crippen LogP contribution < -0.4 is 11.1 Å². The Bertz CT molecular complexity index is 504. The lowest BCUT2D eigenvalue weighted by Crippen LogP contribution is -2.54. The SMILES string of the molecule is CCCCCCCCC(CCNC(=O)C12CC3CC(CC(C3)C1)C2)C(N)(CC)CC. The Balaban J connectivity index is 1.48. The summed E-state index contributed by atoms with van der Waals surface area (Å²) in [5.41, 5.74) is 6.76. The molecule has 0 heterocycles. The maximum absolute atomic E-state index is 13.3. The van der Waals surface area contributed by atoms with Crippen molar-refractivity contribution in [3.63, 3.8) is 0 Å². The third-order valence-corrected chi connectivity index (χ3v) is 9.33. The molecule has 174 valence electrons. The Labute approximate surface area is 186 Å². The Morgan fingerprint density at radius 2 is 1.43 bits per heavy atom. The number of rotatable bonds is 14. The summed E-state index contributed by atoms with van der Waals surface area (Å²) in [5, 5.41) is 3.41. The van der Waals surface area contributed by atoms with Gasteiger partial charge >= 0.3 is 0 Å². The monoisotopic (exact) mass is 418 g/mol. The fraction of sp³-hybridized carbons (Fsp3) is 0.963. The van der Waals surface area contributed by atoms with Gasteiger partial charge in [0.15, 0.2) is 0 Å². The van der Waals surface area contributed by atoms with Crippen LogP contribution in [0, 0.1) is 29.1 Å².